The minimum Gasteiger partial charge on any atom is -0.390 e. The van der Waals surface area contributed by atoms with Crippen LogP contribution in [0.4, 0.5) is 0 Å². The highest BCUT2D eigenvalue weighted by Crippen LogP contribution is 2.66. The Morgan fingerprint density at radius 3 is 2.53 bits per heavy atom. The molecular weight excluding hydrogens is 382 g/mol. The Balaban J connectivity index is 1.70. The first-order chi connectivity index (χ1) is 14.0. The third-order valence-corrected chi connectivity index (χ3v) is 9.29. The number of ether oxygens (including phenoxy) is 1. The smallest absolute Gasteiger partial charge is 0.235 e. The van der Waals surface area contributed by atoms with E-state index < -0.39 is 29.1 Å². The Hall–Kier alpha value is -1.24. The number of nitrogens with one attached hydrogen (secondary N) is 1. The number of rotatable bonds is 2. The van der Waals surface area contributed by atoms with Crippen LogP contribution in [0, 0.1) is 35.0 Å². The van der Waals surface area contributed by atoms with Crippen molar-refractivity contribution >= 4 is 11.7 Å². The lowest BCUT2D eigenvalue weighted by molar-refractivity contribution is -0.167. The van der Waals surface area contributed by atoms with Crippen LogP contribution in [0.15, 0.2) is 11.1 Å². The number of aliphatic hydroxyl groups excluding tert-OH is 2. The summed E-state index contributed by atoms with van der Waals surface area (Å²) in [5.74, 6) is -0.880. The molecule has 0 aromatic rings. The van der Waals surface area contributed by atoms with Crippen molar-refractivity contribution in [1.82, 2.24) is 5.32 Å². The lowest BCUT2D eigenvalue weighted by Crippen LogP contribution is -2.64. The predicted octanol–water partition coefficient (Wildman–Crippen LogP) is 1.98. The number of aliphatic hydroxyl groups is 2. The second-order valence-corrected chi connectivity index (χ2v) is 11.2. The van der Waals surface area contributed by atoms with E-state index in [0.717, 1.165) is 17.6 Å². The van der Waals surface area contributed by atoms with Gasteiger partial charge in [0.05, 0.1) is 23.9 Å². The average Bonchev–Trinajstić information content (AvgIpc) is 3.08. The maximum atomic E-state index is 13.9. The molecule has 0 aromatic carbocycles. The third-order valence-electron chi connectivity index (χ3n) is 9.29. The van der Waals surface area contributed by atoms with Crippen molar-refractivity contribution in [2.24, 2.45) is 35.0 Å². The van der Waals surface area contributed by atoms with Crippen LogP contribution in [-0.4, -0.2) is 51.9 Å². The van der Waals surface area contributed by atoms with Crippen LogP contribution < -0.4 is 5.32 Å². The predicted molar refractivity (Wildman–Crippen MR) is 110 cm³/mol. The number of amides is 1. The molecule has 0 radical (unpaired) electrons. The number of hydrogen-bond acceptors (Lipinski definition) is 5. The fraction of sp³-hybridized carbons (Fsp3) is 0.833. The number of Topliss-reactive ketones (excluding diaryl/α,β-unsaturated/α-hetero) is 1. The summed E-state index contributed by atoms with van der Waals surface area (Å²) in [6.45, 7) is 10.3. The van der Waals surface area contributed by atoms with E-state index in [1.165, 1.54) is 0 Å². The Morgan fingerprint density at radius 2 is 1.87 bits per heavy atom. The van der Waals surface area contributed by atoms with Crippen molar-refractivity contribution in [3.63, 3.8) is 0 Å². The van der Waals surface area contributed by atoms with Crippen LogP contribution in [-0.2, 0) is 14.3 Å². The highest BCUT2D eigenvalue weighted by Gasteiger charge is 2.76. The van der Waals surface area contributed by atoms with Gasteiger partial charge in [-0.25, -0.2) is 0 Å². The molecule has 10 atom stereocenters. The van der Waals surface area contributed by atoms with Crippen LogP contribution >= 0.6 is 0 Å². The summed E-state index contributed by atoms with van der Waals surface area (Å²) >= 11 is 0. The summed E-state index contributed by atoms with van der Waals surface area (Å²) in [4.78, 5) is 27.5. The minimum atomic E-state index is -1.22. The maximum Gasteiger partial charge on any atom is 0.235 e. The first kappa shape index (κ1) is 20.7. The van der Waals surface area contributed by atoms with Gasteiger partial charge in [0.2, 0.25) is 5.91 Å². The Kier molecular flexibility index (Phi) is 4.40. The zero-order valence-electron chi connectivity index (χ0n) is 18.6. The molecule has 0 aromatic heterocycles. The number of carbonyl (C=O) groups excluding carboxylic acids is 2. The van der Waals surface area contributed by atoms with Gasteiger partial charge in [0.1, 0.15) is 11.2 Å². The van der Waals surface area contributed by atoms with Crippen molar-refractivity contribution in [2.45, 2.75) is 90.3 Å². The largest absolute Gasteiger partial charge is 0.390 e. The lowest BCUT2D eigenvalue weighted by Gasteiger charge is -2.55. The summed E-state index contributed by atoms with van der Waals surface area (Å²) in [6.07, 6.45) is 0.552. The van der Waals surface area contributed by atoms with Gasteiger partial charge in [-0.05, 0) is 51.5 Å². The van der Waals surface area contributed by atoms with Crippen molar-refractivity contribution in [3.8, 4) is 0 Å². The van der Waals surface area contributed by atoms with Gasteiger partial charge in [-0.2, -0.15) is 0 Å². The molecule has 2 bridgehead atoms. The fourth-order valence-corrected chi connectivity index (χ4v) is 8.09. The van der Waals surface area contributed by atoms with E-state index in [0.29, 0.717) is 18.8 Å². The quantitative estimate of drug-likeness (QED) is 0.472. The second-order valence-electron chi connectivity index (χ2n) is 11.2. The van der Waals surface area contributed by atoms with Crippen molar-refractivity contribution in [3.05, 3.63) is 11.1 Å². The summed E-state index contributed by atoms with van der Waals surface area (Å²) in [5.41, 5.74) is 0.130. The van der Waals surface area contributed by atoms with Crippen LogP contribution in [0.25, 0.3) is 0 Å². The van der Waals surface area contributed by atoms with Crippen LogP contribution in [0.2, 0.25) is 0 Å². The standard InChI is InChI=1S/C24H35NO5/c1-10(2)8-14-17-11(3)12(4)20(28)19-18-13(9-16(27)24(17,19)22(29)25-14)21-15(26)6-7-23(18,5)30-21/h10,13-15,17-21,26,28H,6-9H2,1-5H3,(H,25,29)/t13-,14-,15-,17-,18-,19-,20+,21-,23-,24+/m0/s1. The van der Waals surface area contributed by atoms with Gasteiger partial charge in [0.25, 0.3) is 0 Å². The van der Waals surface area contributed by atoms with Crippen LogP contribution in [0.5, 0.6) is 0 Å². The molecule has 1 saturated carbocycles. The van der Waals surface area contributed by atoms with Crippen molar-refractivity contribution in [1.29, 1.82) is 0 Å². The van der Waals surface area contributed by atoms with Gasteiger partial charge in [-0.15, -0.1) is 0 Å². The Labute approximate surface area is 178 Å². The molecule has 3 N–H and O–H groups in total. The highest BCUT2D eigenvalue weighted by atomic mass is 16.5. The SMILES string of the molecule is CC1=C(C)[C@H]2[C@H](CC(C)C)NC(=O)[C@]23C(=O)C[C@@H]2[C@@H]4O[C@@](C)(CC[C@@H]4O)[C@@H]2[C@H]3[C@@H]1O. The van der Waals surface area contributed by atoms with E-state index in [4.69, 9.17) is 4.74 Å². The van der Waals surface area contributed by atoms with Gasteiger partial charge in [0.15, 0.2) is 0 Å². The topological polar surface area (TPSA) is 95.9 Å². The summed E-state index contributed by atoms with van der Waals surface area (Å²) < 4.78 is 6.36. The van der Waals surface area contributed by atoms with E-state index >= 15 is 0 Å². The van der Waals surface area contributed by atoms with E-state index in [2.05, 4.69) is 26.1 Å². The Morgan fingerprint density at radius 1 is 1.17 bits per heavy atom. The first-order valence-electron chi connectivity index (χ1n) is 11.6. The minimum absolute atomic E-state index is 0.0691. The number of carbonyl (C=O) groups is 2. The van der Waals surface area contributed by atoms with E-state index in [-0.39, 0.29) is 48.0 Å². The third kappa shape index (κ3) is 2.31. The van der Waals surface area contributed by atoms with Gasteiger partial charge in [-0.3, -0.25) is 9.59 Å². The molecule has 3 saturated heterocycles. The number of ketones is 1. The molecular formula is C24H35NO5. The molecule has 5 rings (SSSR count). The fourth-order valence-electron chi connectivity index (χ4n) is 8.09. The van der Waals surface area contributed by atoms with Crippen molar-refractivity contribution < 1.29 is 24.5 Å². The molecule has 5 aliphatic rings. The zero-order chi connectivity index (χ0) is 21.7. The Bertz CT molecular complexity index is 835. The maximum absolute atomic E-state index is 13.9. The lowest BCUT2D eigenvalue weighted by atomic mass is 9.45. The highest BCUT2D eigenvalue weighted by molar-refractivity contribution is 6.10. The molecule has 2 aliphatic carbocycles. The van der Waals surface area contributed by atoms with Gasteiger partial charge in [-0.1, -0.05) is 19.4 Å². The number of hydrogen-bond donors (Lipinski definition) is 3. The summed E-state index contributed by atoms with van der Waals surface area (Å²) in [6, 6.07) is -0.0944. The summed E-state index contributed by atoms with van der Waals surface area (Å²) in [7, 11) is 0. The summed E-state index contributed by atoms with van der Waals surface area (Å²) in [5, 5.41) is 25.3. The van der Waals surface area contributed by atoms with Crippen molar-refractivity contribution in [2.75, 3.05) is 0 Å². The van der Waals surface area contributed by atoms with Crippen LogP contribution in [0.1, 0.15) is 60.3 Å². The molecule has 3 aliphatic heterocycles. The second kappa shape index (κ2) is 6.39. The number of fused-ring (bicyclic) bond motifs is 6. The molecule has 1 spiro atoms. The molecule has 3 heterocycles. The first-order valence-corrected chi connectivity index (χ1v) is 11.6. The molecule has 0 unspecified atom stereocenters. The molecule has 4 fully saturated rings. The average molecular weight is 418 g/mol. The van der Waals surface area contributed by atoms with Gasteiger partial charge in [0, 0.05) is 36.1 Å². The molecule has 30 heavy (non-hydrogen) atoms. The van der Waals surface area contributed by atoms with E-state index in [1.54, 1.807) is 0 Å². The molecule has 6 heteroatoms. The molecule has 166 valence electrons. The van der Waals surface area contributed by atoms with E-state index in [1.807, 2.05) is 13.8 Å². The normalized spacial score (nSPS) is 52.3. The molecule has 1 amide bonds. The zero-order valence-corrected chi connectivity index (χ0v) is 18.6. The van der Waals surface area contributed by atoms with Crippen LogP contribution in [0.3, 0.4) is 0 Å². The monoisotopic (exact) mass is 417 g/mol. The molecule has 6 nitrogen and oxygen atoms in total. The van der Waals surface area contributed by atoms with Gasteiger partial charge < -0.3 is 20.3 Å². The van der Waals surface area contributed by atoms with Gasteiger partial charge >= 0.3 is 0 Å². The van der Waals surface area contributed by atoms with E-state index in [9.17, 15) is 19.8 Å².